The molecule has 0 amide bonds. The molecule has 0 spiro atoms. The van der Waals surface area contributed by atoms with Crippen LogP contribution in [0.4, 0.5) is 0 Å². The number of benzene rings is 2. The summed E-state index contributed by atoms with van der Waals surface area (Å²) in [5.74, 6) is 0.973. The van der Waals surface area contributed by atoms with E-state index in [4.69, 9.17) is 4.74 Å². The summed E-state index contributed by atoms with van der Waals surface area (Å²) in [6.45, 7) is 3.35. The first-order valence-electron chi connectivity index (χ1n) is 9.35. The second-order valence-electron chi connectivity index (χ2n) is 6.98. The molecular weight excluding hydrogens is 370 g/mol. The standard InChI is InChI=1S/C22H23N3O2S/c1-17-23-11-12-25(17)19-5-7-20(8-6-19)28-21-4-2-3-18(15-21)22(16-24-26)9-13-27-14-10-22/h2-8,11-12,15-16,26H,9-10,13-14H2,1H3/b24-16+. The molecule has 6 heteroatoms. The molecule has 0 radical (unpaired) electrons. The Morgan fingerprint density at radius 2 is 1.93 bits per heavy atom. The molecule has 1 aliphatic rings. The van der Waals surface area contributed by atoms with Gasteiger partial charge in [-0.25, -0.2) is 4.98 Å². The summed E-state index contributed by atoms with van der Waals surface area (Å²) in [6.07, 6.45) is 7.10. The van der Waals surface area contributed by atoms with E-state index >= 15 is 0 Å². The molecule has 5 nitrogen and oxygen atoms in total. The van der Waals surface area contributed by atoms with Crippen LogP contribution in [0.2, 0.25) is 0 Å². The van der Waals surface area contributed by atoms with Gasteiger partial charge in [0.15, 0.2) is 0 Å². The molecule has 1 saturated heterocycles. The van der Waals surface area contributed by atoms with Crippen LogP contribution in [0, 0.1) is 6.92 Å². The van der Waals surface area contributed by atoms with Gasteiger partial charge in [-0.05, 0) is 61.7 Å². The van der Waals surface area contributed by atoms with Gasteiger partial charge in [-0.2, -0.15) is 0 Å². The first-order chi connectivity index (χ1) is 13.7. The average molecular weight is 394 g/mol. The lowest BCUT2D eigenvalue weighted by molar-refractivity contribution is 0.0713. The van der Waals surface area contributed by atoms with Crippen LogP contribution in [0.1, 0.15) is 24.2 Å². The van der Waals surface area contributed by atoms with Crippen molar-refractivity contribution >= 4 is 18.0 Å². The van der Waals surface area contributed by atoms with E-state index in [1.807, 2.05) is 19.3 Å². The van der Waals surface area contributed by atoms with Crippen molar-refractivity contribution in [2.45, 2.75) is 35.0 Å². The third kappa shape index (κ3) is 3.84. The summed E-state index contributed by atoms with van der Waals surface area (Å²) in [7, 11) is 0. The maximum Gasteiger partial charge on any atom is 0.110 e. The molecule has 0 unspecified atom stereocenters. The zero-order chi connectivity index (χ0) is 19.4. The van der Waals surface area contributed by atoms with E-state index in [2.05, 4.69) is 63.2 Å². The van der Waals surface area contributed by atoms with Gasteiger partial charge in [-0.3, -0.25) is 0 Å². The summed E-state index contributed by atoms with van der Waals surface area (Å²) in [4.78, 5) is 6.62. The number of imidazole rings is 1. The number of oxime groups is 1. The lowest BCUT2D eigenvalue weighted by atomic mass is 9.75. The van der Waals surface area contributed by atoms with Crippen molar-refractivity contribution in [2.75, 3.05) is 13.2 Å². The predicted molar refractivity (Wildman–Crippen MR) is 111 cm³/mol. The second-order valence-corrected chi connectivity index (χ2v) is 8.13. The summed E-state index contributed by atoms with van der Waals surface area (Å²) < 4.78 is 7.58. The zero-order valence-electron chi connectivity index (χ0n) is 15.8. The van der Waals surface area contributed by atoms with E-state index in [1.165, 1.54) is 15.4 Å². The Balaban J connectivity index is 1.56. The molecule has 0 bridgehead atoms. The minimum atomic E-state index is -0.258. The van der Waals surface area contributed by atoms with Crippen LogP contribution in [0.5, 0.6) is 0 Å². The van der Waals surface area contributed by atoms with Crippen molar-refractivity contribution in [1.82, 2.24) is 9.55 Å². The molecule has 1 fully saturated rings. The van der Waals surface area contributed by atoms with Crippen molar-refractivity contribution in [3.63, 3.8) is 0 Å². The van der Waals surface area contributed by atoms with Gasteiger partial charge in [-0.1, -0.05) is 23.9 Å². The topological polar surface area (TPSA) is 59.6 Å². The summed E-state index contributed by atoms with van der Waals surface area (Å²) in [5, 5.41) is 12.6. The number of ether oxygens (including phenoxy) is 1. The van der Waals surface area contributed by atoms with Crippen LogP contribution >= 0.6 is 11.8 Å². The molecule has 1 N–H and O–H groups in total. The molecule has 2 aromatic carbocycles. The summed E-state index contributed by atoms with van der Waals surface area (Å²) in [5.41, 5.74) is 2.02. The number of rotatable bonds is 5. The van der Waals surface area contributed by atoms with Gasteiger partial charge >= 0.3 is 0 Å². The quantitative estimate of drug-likeness (QED) is 0.383. The summed E-state index contributed by atoms with van der Waals surface area (Å²) >= 11 is 1.73. The fraction of sp³-hybridized carbons (Fsp3) is 0.273. The van der Waals surface area contributed by atoms with Crippen LogP contribution in [-0.4, -0.2) is 34.2 Å². The van der Waals surface area contributed by atoms with Gasteiger partial charge < -0.3 is 14.5 Å². The van der Waals surface area contributed by atoms with Gasteiger partial charge in [0.25, 0.3) is 0 Å². The van der Waals surface area contributed by atoms with E-state index in [-0.39, 0.29) is 5.41 Å². The second kappa shape index (κ2) is 8.20. The SMILES string of the molecule is Cc1nccn1-c1ccc(Sc2cccc(C3(/C=N/O)CCOCC3)c2)cc1. The van der Waals surface area contributed by atoms with Crippen LogP contribution < -0.4 is 0 Å². The normalized spacial score (nSPS) is 16.5. The molecule has 0 aliphatic carbocycles. The van der Waals surface area contributed by atoms with E-state index in [0.29, 0.717) is 13.2 Å². The van der Waals surface area contributed by atoms with E-state index < -0.39 is 0 Å². The molecule has 2 heterocycles. The molecule has 3 aromatic rings. The molecule has 144 valence electrons. The Morgan fingerprint density at radius 1 is 1.14 bits per heavy atom. The number of hydrogen-bond acceptors (Lipinski definition) is 5. The number of nitrogens with zero attached hydrogens (tertiary/aromatic N) is 3. The molecule has 4 rings (SSSR count). The van der Waals surface area contributed by atoms with Crippen molar-refractivity contribution < 1.29 is 9.94 Å². The Bertz CT molecular complexity index is 960. The van der Waals surface area contributed by atoms with Gasteiger partial charge in [0.05, 0.1) is 6.21 Å². The Labute approximate surface area is 169 Å². The fourth-order valence-electron chi connectivity index (χ4n) is 3.67. The number of aryl methyl sites for hydroxylation is 1. The van der Waals surface area contributed by atoms with Crippen LogP contribution in [0.25, 0.3) is 5.69 Å². The highest BCUT2D eigenvalue weighted by Crippen LogP contribution is 2.36. The third-order valence-electron chi connectivity index (χ3n) is 5.28. The molecule has 1 aromatic heterocycles. The van der Waals surface area contributed by atoms with E-state index in [9.17, 15) is 5.21 Å². The largest absolute Gasteiger partial charge is 0.411 e. The summed E-state index contributed by atoms with van der Waals surface area (Å²) in [6, 6.07) is 17.0. The van der Waals surface area contributed by atoms with Crippen molar-refractivity contribution in [1.29, 1.82) is 0 Å². The molecule has 0 saturated carbocycles. The smallest absolute Gasteiger partial charge is 0.110 e. The average Bonchev–Trinajstić information content (AvgIpc) is 3.16. The van der Waals surface area contributed by atoms with Crippen molar-refractivity contribution in [2.24, 2.45) is 5.16 Å². The van der Waals surface area contributed by atoms with Crippen LogP contribution in [0.15, 0.2) is 75.9 Å². The lowest BCUT2D eigenvalue weighted by Gasteiger charge is -2.34. The third-order valence-corrected chi connectivity index (χ3v) is 6.27. The first-order valence-corrected chi connectivity index (χ1v) is 10.2. The number of hydrogen-bond donors (Lipinski definition) is 1. The molecule has 1 aliphatic heterocycles. The van der Waals surface area contributed by atoms with Crippen LogP contribution in [-0.2, 0) is 10.2 Å². The lowest BCUT2D eigenvalue weighted by Crippen LogP contribution is -2.35. The molecular formula is C22H23N3O2S. The van der Waals surface area contributed by atoms with Gasteiger partial charge in [-0.15, -0.1) is 5.16 Å². The van der Waals surface area contributed by atoms with Gasteiger partial charge in [0, 0.05) is 46.5 Å². The first kappa shape index (κ1) is 18.8. The van der Waals surface area contributed by atoms with Crippen LogP contribution in [0.3, 0.4) is 0 Å². The highest BCUT2D eigenvalue weighted by Gasteiger charge is 2.33. The highest BCUT2D eigenvalue weighted by atomic mass is 32.2. The highest BCUT2D eigenvalue weighted by molar-refractivity contribution is 7.99. The van der Waals surface area contributed by atoms with E-state index in [0.717, 1.165) is 24.4 Å². The van der Waals surface area contributed by atoms with E-state index in [1.54, 1.807) is 18.0 Å². The van der Waals surface area contributed by atoms with Crippen molar-refractivity contribution in [3.8, 4) is 5.69 Å². The molecule has 0 atom stereocenters. The maximum absolute atomic E-state index is 9.19. The molecule has 28 heavy (non-hydrogen) atoms. The monoisotopic (exact) mass is 393 g/mol. The fourth-order valence-corrected chi connectivity index (χ4v) is 4.55. The minimum Gasteiger partial charge on any atom is -0.411 e. The minimum absolute atomic E-state index is 0.258. The van der Waals surface area contributed by atoms with Crippen molar-refractivity contribution in [3.05, 3.63) is 72.3 Å². The van der Waals surface area contributed by atoms with Gasteiger partial charge in [0.1, 0.15) is 5.82 Å². The maximum atomic E-state index is 9.19. The zero-order valence-corrected chi connectivity index (χ0v) is 16.6. The predicted octanol–water partition coefficient (Wildman–Crippen LogP) is 4.84. The van der Waals surface area contributed by atoms with Gasteiger partial charge in [0.2, 0.25) is 0 Å². The Hall–Kier alpha value is -2.57. The Kier molecular flexibility index (Phi) is 5.50. The Morgan fingerprint density at radius 3 is 2.61 bits per heavy atom. The number of aromatic nitrogens is 2.